The average molecular weight is 223 g/mol. The molecule has 0 aromatic heterocycles. The van der Waals surface area contributed by atoms with Gasteiger partial charge in [0.15, 0.2) is 0 Å². The molecule has 0 spiro atoms. The van der Waals surface area contributed by atoms with Crippen LogP contribution in [0.4, 0.5) is 0 Å². The first kappa shape index (κ1) is 11.0. The molecule has 1 saturated heterocycles. The maximum absolute atomic E-state index is 6.28. The van der Waals surface area contributed by atoms with Gasteiger partial charge in [-0.1, -0.05) is 6.92 Å². The second-order valence-electron chi connectivity index (χ2n) is 7.57. The first-order valence-corrected chi connectivity index (χ1v) is 6.78. The van der Waals surface area contributed by atoms with Gasteiger partial charge in [-0.25, -0.2) is 0 Å². The molecule has 2 atom stereocenters. The molecule has 2 nitrogen and oxygen atoms in total. The Morgan fingerprint density at radius 2 is 1.50 bits per heavy atom. The van der Waals surface area contributed by atoms with Gasteiger partial charge in [0, 0.05) is 11.1 Å². The van der Waals surface area contributed by atoms with Crippen LogP contribution in [-0.2, 0) is 4.84 Å². The molecule has 0 amide bonds. The van der Waals surface area contributed by atoms with Crippen LogP contribution in [0.3, 0.4) is 0 Å². The predicted molar refractivity (Wildman–Crippen MR) is 64.9 cm³/mol. The quantitative estimate of drug-likeness (QED) is 0.712. The average Bonchev–Trinajstić information content (AvgIpc) is 2.84. The van der Waals surface area contributed by atoms with Crippen molar-refractivity contribution in [2.24, 2.45) is 17.8 Å². The smallest absolute Gasteiger partial charge is 0.0857 e. The zero-order valence-electron chi connectivity index (χ0n) is 11.3. The van der Waals surface area contributed by atoms with E-state index in [9.17, 15) is 0 Å². The summed E-state index contributed by atoms with van der Waals surface area (Å²) in [7, 11) is 0. The number of hydroxylamine groups is 2. The SMILES string of the molecule is CC1CC(C)(C)N(OC2C3CC32)C(C)(C)C1. The lowest BCUT2D eigenvalue weighted by Gasteiger charge is -2.53. The Morgan fingerprint density at radius 3 is 1.88 bits per heavy atom. The number of piperidine rings is 1. The highest BCUT2D eigenvalue weighted by Gasteiger charge is 2.67. The Balaban J connectivity index is 1.75. The van der Waals surface area contributed by atoms with E-state index in [2.05, 4.69) is 39.7 Å². The number of hydrogen-bond acceptors (Lipinski definition) is 2. The molecule has 1 aliphatic heterocycles. The Kier molecular flexibility index (Phi) is 2.09. The maximum atomic E-state index is 6.28. The van der Waals surface area contributed by atoms with Gasteiger partial charge in [0.25, 0.3) is 0 Å². The number of fused-ring (bicyclic) bond motifs is 1. The van der Waals surface area contributed by atoms with Crippen LogP contribution < -0.4 is 0 Å². The van der Waals surface area contributed by atoms with Crippen molar-refractivity contribution in [2.75, 3.05) is 0 Å². The highest BCUT2D eigenvalue weighted by Crippen LogP contribution is 2.65. The Morgan fingerprint density at radius 1 is 1.00 bits per heavy atom. The molecular formula is C14H25NO. The van der Waals surface area contributed by atoms with E-state index in [-0.39, 0.29) is 11.1 Å². The molecule has 0 bridgehead atoms. The molecular weight excluding hydrogens is 198 g/mol. The Bertz CT molecular complexity index is 284. The fourth-order valence-corrected chi connectivity index (χ4v) is 4.04. The molecule has 1 heterocycles. The molecule has 2 aliphatic carbocycles. The lowest BCUT2D eigenvalue weighted by molar-refractivity contribution is -0.301. The van der Waals surface area contributed by atoms with Gasteiger partial charge in [-0.2, -0.15) is 5.06 Å². The summed E-state index contributed by atoms with van der Waals surface area (Å²) in [6.07, 6.45) is 4.50. The lowest BCUT2D eigenvalue weighted by atomic mass is 9.76. The third-order valence-corrected chi connectivity index (χ3v) is 4.62. The van der Waals surface area contributed by atoms with Crippen LogP contribution >= 0.6 is 0 Å². The predicted octanol–water partition coefficient (Wildman–Crippen LogP) is 3.23. The number of nitrogens with zero attached hydrogens (tertiary/aromatic N) is 1. The van der Waals surface area contributed by atoms with E-state index in [1.54, 1.807) is 0 Å². The van der Waals surface area contributed by atoms with Crippen molar-refractivity contribution in [3.8, 4) is 0 Å². The van der Waals surface area contributed by atoms with Crippen LogP contribution in [0.5, 0.6) is 0 Å². The van der Waals surface area contributed by atoms with E-state index in [0.29, 0.717) is 6.10 Å². The van der Waals surface area contributed by atoms with Crippen LogP contribution in [0.1, 0.15) is 53.9 Å². The standard InChI is InChI=1S/C14H25NO/c1-9-7-13(2,3)15(14(4,5)8-9)16-12-10-6-11(10)12/h9-12H,6-8H2,1-5H3. The second kappa shape index (κ2) is 3.02. The molecule has 3 aliphatic rings. The van der Waals surface area contributed by atoms with Crippen molar-refractivity contribution in [3.63, 3.8) is 0 Å². The highest BCUT2D eigenvalue weighted by atomic mass is 16.7. The fraction of sp³-hybridized carbons (Fsp3) is 1.00. The molecule has 3 rings (SSSR count). The first-order valence-electron chi connectivity index (χ1n) is 6.78. The van der Waals surface area contributed by atoms with Gasteiger partial charge in [-0.05, 0) is 64.7 Å². The molecule has 0 N–H and O–H groups in total. The highest BCUT2D eigenvalue weighted by molar-refractivity contribution is 5.14. The minimum atomic E-state index is 0.191. The summed E-state index contributed by atoms with van der Waals surface area (Å²) < 4.78 is 0. The van der Waals surface area contributed by atoms with E-state index in [0.717, 1.165) is 17.8 Å². The molecule has 2 saturated carbocycles. The van der Waals surface area contributed by atoms with Gasteiger partial charge in [-0.3, -0.25) is 4.84 Å². The monoisotopic (exact) mass is 223 g/mol. The Labute approximate surface area is 99.3 Å². The van der Waals surface area contributed by atoms with Crippen molar-refractivity contribution >= 4 is 0 Å². The topological polar surface area (TPSA) is 12.5 Å². The van der Waals surface area contributed by atoms with E-state index in [1.165, 1.54) is 19.3 Å². The normalized spacial score (nSPS) is 45.2. The number of rotatable bonds is 2. The molecule has 2 heteroatoms. The molecule has 0 aromatic rings. The largest absolute Gasteiger partial charge is 0.294 e. The summed E-state index contributed by atoms with van der Waals surface area (Å²) >= 11 is 0. The summed E-state index contributed by atoms with van der Waals surface area (Å²) in [6.45, 7) is 11.7. The summed E-state index contributed by atoms with van der Waals surface area (Å²) in [5, 5.41) is 2.33. The molecule has 2 unspecified atom stereocenters. The van der Waals surface area contributed by atoms with Gasteiger partial charge in [0.2, 0.25) is 0 Å². The van der Waals surface area contributed by atoms with Gasteiger partial charge in [0.1, 0.15) is 0 Å². The van der Waals surface area contributed by atoms with E-state index < -0.39 is 0 Å². The third-order valence-electron chi connectivity index (χ3n) is 4.62. The molecule has 3 fully saturated rings. The van der Waals surface area contributed by atoms with Gasteiger partial charge in [-0.15, -0.1) is 0 Å². The van der Waals surface area contributed by atoms with Crippen molar-refractivity contribution in [1.29, 1.82) is 0 Å². The van der Waals surface area contributed by atoms with Crippen molar-refractivity contribution in [3.05, 3.63) is 0 Å². The second-order valence-corrected chi connectivity index (χ2v) is 7.57. The minimum Gasteiger partial charge on any atom is -0.294 e. The summed E-state index contributed by atoms with van der Waals surface area (Å²) in [5.41, 5.74) is 0.381. The summed E-state index contributed by atoms with van der Waals surface area (Å²) in [6, 6.07) is 0. The van der Waals surface area contributed by atoms with Crippen LogP contribution in [0.15, 0.2) is 0 Å². The van der Waals surface area contributed by atoms with E-state index in [4.69, 9.17) is 4.84 Å². The summed E-state index contributed by atoms with van der Waals surface area (Å²) in [4.78, 5) is 6.28. The van der Waals surface area contributed by atoms with Gasteiger partial charge < -0.3 is 0 Å². The Hall–Kier alpha value is -0.0800. The summed E-state index contributed by atoms with van der Waals surface area (Å²) in [5.74, 6) is 2.65. The fourth-order valence-electron chi connectivity index (χ4n) is 4.04. The zero-order valence-corrected chi connectivity index (χ0v) is 11.3. The van der Waals surface area contributed by atoms with Crippen LogP contribution in [0, 0.1) is 17.8 Å². The van der Waals surface area contributed by atoms with Crippen molar-refractivity contribution < 1.29 is 4.84 Å². The zero-order chi connectivity index (χ0) is 11.7. The van der Waals surface area contributed by atoms with Crippen LogP contribution in [0.2, 0.25) is 0 Å². The molecule has 0 aromatic carbocycles. The van der Waals surface area contributed by atoms with Gasteiger partial charge >= 0.3 is 0 Å². The number of hydrogen-bond donors (Lipinski definition) is 0. The van der Waals surface area contributed by atoms with Crippen LogP contribution in [-0.4, -0.2) is 22.2 Å². The minimum absolute atomic E-state index is 0.191. The first-order chi connectivity index (χ1) is 7.31. The maximum Gasteiger partial charge on any atom is 0.0857 e. The third kappa shape index (κ3) is 1.62. The molecule has 16 heavy (non-hydrogen) atoms. The molecule has 92 valence electrons. The van der Waals surface area contributed by atoms with E-state index in [1.807, 2.05) is 0 Å². The molecule has 0 radical (unpaired) electrons. The van der Waals surface area contributed by atoms with Gasteiger partial charge in [0.05, 0.1) is 6.10 Å². The van der Waals surface area contributed by atoms with Crippen molar-refractivity contribution in [1.82, 2.24) is 5.06 Å². The van der Waals surface area contributed by atoms with Crippen LogP contribution in [0.25, 0.3) is 0 Å². The van der Waals surface area contributed by atoms with Crippen molar-refractivity contribution in [2.45, 2.75) is 71.1 Å². The lowest BCUT2D eigenvalue weighted by Crippen LogP contribution is -2.60. The van der Waals surface area contributed by atoms with E-state index >= 15 is 0 Å².